The predicted octanol–water partition coefficient (Wildman–Crippen LogP) is 6.17. The zero-order chi connectivity index (χ0) is 21.2. The average molecular weight is 424 g/mol. The largest absolute Gasteiger partial charge is 0.431 e. The van der Waals surface area contributed by atoms with Gasteiger partial charge in [0, 0.05) is 16.9 Å². The van der Waals surface area contributed by atoms with Gasteiger partial charge in [-0.05, 0) is 18.3 Å². The van der Waals surface area contributed by atoms with E-state index in [2.05, 4.69) is 15.5 Å². The van der Waals surface area contributed by atoms with Crippen LogP contribution in [0.5, 0.6) is 0 Å². The maximum absolute atomic E-state index is 13.7. The van der Waals surface area contributed by atoms with Crippen molar-refractivity contribution in [2.75, 3.05) is 5.43 Å². The number of halogens is 3. The number of nitrogens with zero attached hydrogens (tertiary/aromatic N) is 2. The first-order chi connectivity index (χ1) is 13.6. The maximum atomic E-state index is 13.7. The van der Waals surface area contributed by atoms with Gasteiger partial charge in [-0.3, -0.25) is 10.2 Å². The van der Waals surface area contributed by atoms with Crippen LogP contribution in [0.2, 0.25) is 0 Å². The minimum absolute atomic E-state index is 0.165. The second-order valence-electron chi connectivity index (χ2n) is 8.32. The summed E-state index contributed by atoms with van der Waals surface area (Å²) < 4.78 is 41.2. The number of ketones is 1. The fourth-order valence-corrected chi connectivity index (χ4v) is 4.36. The van der Waals surface area contributed by atoms with Crippen LogP contribution in [0.25, 0.3) is 11.3 Å². The number of carbonyl (C=O) groups is 1. The summed E-state index contributed by atoms with van der Waals surface area (Å²) >= 11 is 1.17. The van der Waals surface area contributed by atoms with Gasteiger partial charge in [-0.2, -0.15) is 18.3 Å². The number of hydrogen-bond acceptors (Lipinski definition) is 5. The van der Waals surface area contributed by atoms with Crippen molar-refractivity contribution in [3.8, 4) is 11.3 Å². The molecule has 1 heterocycles. The van der Waals surface area contributed by atoms with Crippen LogP contribution < -0.4 is 5.43 Å². The third-order valence-electron chi connectivity index (χ3n) is 5.18. The maximum Gasteiger partial charge on any atom is 0.431 e. The molecule has 0 saturated heterocycles. The van der Waals surface area contributed by atoms with Crippen molar-refractivity contribution in [1.82, 2.24) is 4.98 Å². The Labute approximate surface area is 172 Å². The van der Waals surface area contributed by atoms with E-state index in [0.29, 0.717) is 18.5 Å². The van der Waals surface area contributed by atoms with E-state index in [1.165, 1.54) is 11.3 Å². The van der Waals surface area contributed by atoms with Gasteiger partial charge < -0.3 is 0 Å². The summed E-state index contributed by atoms with van der Waals surface area (Å²) in [6.07, 6.45) is -3.33. The number of rotatable bonds is 4. The summed E-state index contributed by atoms with van der Waals surface area (Å²) in [7, 11) is 0. The van der Waals surface area contributed by atoms with Gasteiger partial charge in [0.1, 0.15) is 5.78 Å². The lowest BCUT2D eigenvalue weighted by molar-refractivity contribution is -0.132. The minimum atomic E-state index is -4.69. The number of carbonyl (C=O) groups excluding carboxylic acids is 1. The molecule has 1 aromatic heterocycles. The molecule has 1 aliphatic rings. The number of alkyl halides is 3. The molecule has 4 nitrogen and oxygen atoms in total. The monoisotopic (exact) mass is 423 g/mol. The van der Waals surface area contributed by atoms with E-state index in [-0.39, 0.29) is 22.8 Å². The van der Waals surface area contributed by atoms with Gasteiger partial charge in [-0.25, -0.2) is 4.98 Å². The molecule has 1 fully saturated rings. The van der Waals surface area contributed by atoms with Crippen molar-refractivity contribution in [3.05, 3.63) is 35.7 Å². The average Bonchev–Trinajstić information content (AvgIpc) is 3.11. The van der Waals surface area contributed by atoms with E-state index in [9.17, 15) is 18.0 Å². The standard InChI is InChI=1S/C21H24F3N3OS/c1-20(2,3)15-11-7-10-14(17(15)28)18(21(22,23)24)26-27-19-25-16(12-29-19)13-8-5-4-6-9-13/h4-6,8-9,12,14-15H,7,10-11H2,1-3H3,(H,25,27)/b26-18-/t14-,15+/m1/s1. The molecule has 0 aliphatic heterocycles. The fourth-order valence-electron chi connectivity index (χ4n) is 3.70. The third-order valence-corrected chi connectivity index (χ3v) is 5.93. The van der Waals surface area contributed by atoms with Gasteiger partial charge in [0.2, 0.25) is 5.13 Å². The van der Waals surface area contributed by atoms with Gasteiger partial charge in [0.15, 0.2) is 5.71 Å². The van der Waals surface area contributed by atoms with Crippen molar-refractivity contribution in [2.24, 2.45) is 22.4 Å². The zero-order valence-electron chi connectivity index (χ0n) is 16.6. The van der Waals surface area contributed by atoms with E-state index in [1.807, 2.05) is 51.1 Å². The molecule has 2 atom stereocenters. The van der Waals surface area contributed by atoms with E-state index in [1.54, 1.807) is 5.38 Å². The van der Waals surface area contributed by atoms with Crippen LogP contribution in [0, 0.1) is 17.3 Å². The van der Waals surface area contributed by atoms with E-state index in [4.69, 9.17) is 0 Å². The summed E-state index contributed by atoms with van der Waals surface area (Å²) in [5.41, 5.74) is 2.52. The van der Waals surface area contributed by atoms with Crippen LogP contribution in [-0.4, -0.2) is 22.7 Å². The van der Waals surface area contributed by atoms with E-state index >= 15 is 0 Å². The second kappa shape index (κ2) is 8.26. The summed E-state index contributed by atoms with van der Waals surface area (Å²) in [6.45, 7) is 5.67. The lowest BCUT2D eigenvalue weighted by Crippen LogP contribution is -2.44. The Morgan fingerprint density at radius 1 is 1.17 bits per heavy atom. The van der Waals surface area contributed by atoms with Crippen molar-refractivity contribution < 1.29 is 18.0 Å². The smallest absolute Gasteiger partial charge is 0.299 e. The first-order valence-corrected chi connectivity index (χ1v) is 10.4. The van der Waals surface area contributed by atoms with E-state index in [0.717, 1.165) is 5.56 Å². The van der Waals surface area contributed by atoms with Crippen molar-refractivity contribution in [3.63, 3.8) is 0 Å². The molecule has 1 aromatic carbocycles. The number of nitrogens with one attached hydrogen (secondary N) is 1. The van der Waals surface area contributed by atoms with Gasteiger partial charge >= 0.3 is 6.18 Å². The molecule has 1 aliphatic carbocycles. The molecule has 3 rings (SSSR count). The SMILES string of the molecule is CC(C)(C)[C@H]1CCC[C@@H](/C(=N/Nc2nc(-c3ccccc3)cs2)C(F)(F)F)C1=O. The van der Waals surface area contributed by atoms with Crippen LogP contribution in [0.1, 0.15) is 40.0 Å². The number of benzene rings is 1. The highest BCUT2D eigenvalue weighted by atomic mass is 32.1. The molecule has 0 radical (unpaired) electrons. The van der Waals surface area contributed by atoms with Crippen LogP contribution in [0.4, 0.5) is 18.3 Å². The Bertz CT molecular complexity index is 885. The van der Waals surface area contributed by atoms with Crippen LogP contribution in [0.15, 0.2) is 40.8 Å². The first kappa shape index (κ1) is 21.5. The second-order valence-corrected chi connectivity index (χ2v) is 9.17. The summed E-state index contributed by atoms with van der Waals surface area (Å²) in [4.78, 5) is 17.1. The zero-order valence-corrected chi connectivity index (χ0v) is 17.4. The summed E-state index contributed by atoms with van der Waals surface area (Å²) in [5, 5.41) is 5.63. The Morgan fingerprint density at radius 3 is 2.48 bits per heavy atom. The molecule has 8 heteroatoms. The Morgan fingerprint density at radius 2 is 1.86 bits per heavy atom. The van der Waals surface area contributed by atoms with Crippen molar-refractivity contribution in [1.29, 1.82) is 0 Å². The van der Waals surface area contributed by atoms with Gasteiger partial charge in [-0.1, -0.05) is 57.5 Å². The topological polar surface area (TPSA) is 54.4 Å². The number of hydrazone groups is 1. The Balaban J connectivity index is 1.84. The number of anilines is 1. The molecule has 29 heavy (non-hydrogen) atoms. The molecular weight excluding hydrogens is 399 g/mol. The quantitative estimate of drug-likeness (QED) is 0.472. The molecular formula is C21H24F3N3OS. The molecule has 156 valence electrons. The number of thiazole rings is 1. The van der Waals surface area contributed by atoms with Gasteiger partial charge in [-0.15, -0.1) is 11.3 Å². The lowest BCUT2D eigenvalue weighted by atomic mass is 9.67. The highest BCUT2D eigenvalue weighted by Gasteiger charge is 2.48. The van der Waals surface area contributed by atoms with Crippen LogP contribution >= 0.6 is 11.3 Å². The van der Waals surface area contributed by atoms with Gasteiger partial charge in [0.05, 0.1) is 11.6 Å². The van der Waals surface area contributed by atoms with Gasteiger partial charge in [0.25, 0.3) is 0 Å². The Kier molecular flexibility index (Phi) is 6.12. The van der Waals surface area contributed by atoms with Crippen LogP contribution in [0.3, 0.4) is 0 Å². The molecule has 1 N–H and O–H groups in total. The number of aromatic nitrogens is 1. The fraction of sp³-hybridized carbons (Fsp3) is 0.476. The predicted molar refractivity (Wildman–Crippen MR) is 110 cm³/mol. The highest BCUT2D eigenvalue weighted by molar-refractivity contribution is 7.14. The molecule has 0 spiro atoms. The summed E-state index contributed by atoms with van der Waals surface area (Å²) in [5.74, 6) is -2.02. The van der Waals surface area contributed by atoms with E-state index < -0.39 is 23.7 Å². The number of Topliss-reactive ketones (excluding diaryl/α,β-unsaturated/α-hetero) is 1. The van der Waals surface area contributed by atoms with Crippen molar-refractivity contribution in [2.45, 2.75) is 46.2 Å². The third kappa shape index (κ3) is 5.04. The Hall–Kier alpha value is -2.22. The molecule has 0 bridgehead atoms. The minimum Gasteiger partial charge on any atom is -0.299 e. The van der Waals surface area contributed by atoms with Crippen molar-refractivity contribution >= 4 is 28.0 Å². The number of hydrogen-bond donors (Lipinski definition) is 1. The lowest BCUT2D eigenvalue weighted by Gasteiger charge is -2.36. The summed E-state index contributed by atoms with van der Waals surface area (Å²) in [6, 6.07) is 9.35. The molecule has 1 saturated carbocycles. The molecule has 2 aromatic rings. The normalized spacial score (nSPS) is 21.3. The molecule has 0 amide bonds. The molecule has 0 unspecified atom stereocenters. The first-order valence-electron chi connectivity index (χ1n) is 9.53. The van der Waals surface area contributed by atoms with Crippen LogP contribution in [-0.2, 0) is 4.79 Å². The highest BCUT2D eigenvalue weighted by Crippen LogP contribution is 2.40.